The Labute approximate surface area is 82.2 Å². The minimum Gasteiger partial charge on any atom is -1.00 e. The third-order valence-electron chi connectivity index (χ3n) is 0. The molecule has 0 aliphatic rings. The number of rotatable bonds is 0. The maximum absolute atomic E-state index is 0. The molecule has 0 unspecified atom stereocenters. The molecule has 0 amide bonds. The van der Waals surface area contributed by atoms with Crippen molar-refractivity contribution in [1.82, 2.24) is 0 Å². The molecular weight excluding hydrogens is 428 g/mol. The fraction of sp³-hybridized carbons (Fsp3) is 0. The van der Waals surface area contributed by atoms with E-state index in [4.69, 9.17) is 0 Å². The molecule has 4 heteroatoms. The summed E-state index contributed by atoms with van der Waals surface area (Å²) in [5, 5.41) is 0. The van der Waals surface area contributed by atoms with Crippen LogP contribution < -0.4 is 0 Å². The van der Waals surface area contributed by atoms with Gasteiger partial charge in [-0.15, -0.1) is 0 Å². The zero-order chi connectivity index (χ0) is 0. The van der Waals surface area contributed by atoms with Gasteiger partial charge in [-0.2, -0.15) is 0 Å². The summed E-state index contributed by atoms with van der Waals surface area (Å²) in [5.74, 6) is 0. The second kappa shape index (κ2) is 17.9. The minimum atomic E-state index is 0. The largest absolute Gasteiger partial charge is 2.00 e. The van der Waals surface area contributed by atoms with Gasteiger partial charge in [-0.3, -0.25) is 0 Å². The van der Waals surface area contributed by atoms with Crippen LogP contribution >= 0.6 is 0 Å². The number of hydrogen-bond donors (Lipinski definition) is 0. The van der Waals surface area contributed by atoms with Gasteiger partial charge in [0.05, 0.1) is 0 Å². The van der Waals surface area contributed by atoms with Crippen molar-refractivity contribution in [1.29, 1.82) is 0 Å². The van der Waals surface area contributed by atoms with E-state index in [0.29, 0.717) is 0 Å². The van der Waals surface area contributed by atoms with Gasteiger partial charge >= 0.3 is 49.3 Å². The van der Waals surface area contributed by atoms with Crippen molar-refractivity contribution in [3.63, 3.8) is 0 Å². The Balaban J connectivity index is 0. The molecule has 0 aromatic carbocycles. The summed E-state index contributed by atoms with van der Waals surface area (Å²) in [6, 6.07) is 0. The molecule has 0 atom stereocenters. The molecule has 0 aliphatic carbocycles. The normalized spacial score (nSPS) is 0. The first-order valence-electron chi connectivity index (χ1n) is 0. The first kappa shape index (κ1) is 31.6. The molecule has 0 radical (unpaired) electrons. The van der Waals surface area contributed by atoms with Crippen LogP contribution in [0.5, 0.6) is 0 Å². The number of hydrogen-bond acceptors (Lipinski definition) is 0. The topological polar surface area (TPSA) is 31.5 Å². The minimum absolute atomic E-state index is 0. The van der Waals surface area contributed by atoms with Crippen molar-refractivity contribution < 1.29 is 34.2 Å². The summed E-state index contributed by atoms with van der Waals surface area (Å²) in [4.78, 5) is 0. The summed E-state index contributed by atoms with van der Waals surface area (Å²) < 4.78 is 0. The van der Waals surface area contributed by atoms with E-state index in [1.54, 1.807) is 0 Å². The smallest absolute Gasteiger partial charge is 1.00 e. The molecule has 1 nitrogen and oxygen atoms in total. The Bertz CT molecular complexity index is 13.5. The average molecular weight is 435 g/mol. The van der Waals surface area contributed by atoms with Gasteiger partial charge in [-0.25, -0.2) is 0 Å². The molecular formula is H7BiHfMgO. The SMILES string of the molecule is O.[BiH3].[H-].[H-].[Hf].[Mg+2]. The van der Waals surface area contributed by atoms with Crippen LogP contribution in [0.25, 0.3) is 0 Å². The van der Waals surface area contributed by atoms with Crippen LogP contribution in [0, 0.1) is 0 Å². The monoisotopic (exact) mass is 436 g/mol. The third kappa shape index (κ3) is 8.82. The standard InChI is InChI=1S/Bi.Hf.Mg.H2O.5H/h;;;1H2;;;;;/q;;+2;;;;;2*-1. The Morgan fingerprint density at radius 2 is 1.25 bits per heavy atom. The van der Waals surface area contributed by atoms with Crippen LogP contribution in [0.1, 0.15) is 2.85 Å². The molecule has 0 spiro atoms. The quantitative estimate of drug-likeness (QED) is 0.389. The van der Waals surface area contributed by atoms with E-state index in [9.17, 15) is 0 Å². The summed E-state index contributed by atoms with van der Waals surface area (Å²) in [5.41, 5.74) is 0. The Morgan fingerprint density at radius 3 is 1.25 bits per heavy atom. The molecule has 0 fully saturated rings. The van der Waals surface area contributed by atoms with Crippen molar-refractivity contribution in [3.05, 3.63) is 0 Å². The van der Waals surface area contributed by atoms with Gasteiger partial charge in [-0.1, -0.05) is 0 Å². The zero-order valence-electron chi connectivity index (χ0n) is 4.41. The maximum atomic E-state index is 0. The third-order valence-corrected chi connectivity index (χ3v) is 0. The van der Waals surface area contributed by atoms with E-state index < -0.39 is 0 Å². The molecule has 4 heavy (non-hydrogen) atoms. The van der Waals surface area contributed by atoms with Crippen molar-refractivity contribution in [3.8, 4) is 0 Å². The van der Waals surface area contributed by atoms with Gasteiger partial charge in [0, 0.05) is 25.8 Å². The van der Waals surface area contributed by atoms with Crippen molar-refractivity contribution in [2.45, 2.75) is 0 Å². The predicted octanol–water partition coefficient (Wildman–Crippen LogP) is -2.17. The Hall–Kier alpha value is 2.48. The van der Waals surface area contributed by atoms with Gasteiger partial charge in [0.25, 0.3) is 0 Å². The zero-order valence-corrected chi connectivity index (χ0v) is 12.9. The van der Waals surface area contributed by atoms with Crippen LogP contribution in [0.3, 0.4) is 0 Å². The molecule has 0 saturated carbocycles. The molecule has 2 N–H and O–H groups in total. The Morgan fingerprint density at radius 1 is 1.25 bits per heavy atom. The van der Waals surface area contributed by atoms with E-state index in [1.165, 1.54) is 0 Å². The van der Waals surface area contributed by atoms with Crippen molar-refractivity contribution in [2.75, 3.05) is 0 Å². The van der Waals surface area contributed by atoms with E-state index in [2.05, 4.69) is 0 Å². The van der Waals surface area contributed by atoms with Crippen LogP contribution in [-0.4, -0.2) is 54.7 Å². The molecule has 0 heterocycles. The molecule has 0 rings (SSSR count). The Kier molecular flexibility index (Phi) is 141. The molecule has 0 saturated heterocycles. The summed E-state index contributed by atoms with van der Waals surface area (Å²) in [6.07, 6.45) is 0. The van der Waals surface area contributed by atoms with E-state index in [1.807, 2.05) is 0 Å². The fourth-order valence-corrected chi connectivity index (χ4v) is 0. The summed E-state index contributed by atoms with van der Waals surface area (Å²) in [6.45, 7) is 0. The fourth-order valence-electron chi connectivity index (χ4n) is 0. The van der Waals surface area contributed by atoms with Crippen LogP contribution in [0.4, 0.5) is 0 Å². The predicted molar refractivity (Wildman–Crippen MR) is 21.5 cm³/mol. The van der Waals surface area contributed by atoms with Crippen LogP contribution in [0.15, 0.2) is 0 Å². The average Bonchev–Trinajstić information content (AvgIpc) is 0. The van der Waals surface area contributed by atoms with E-state index >= 15 is 0 Å². The molecule has 0 aromatic heterocycles. The molecule has 0 aliphatic heterocycles. The summed E-state index contributed by atoms with van der Waals surface area (Å²) in [7, 11) is 0. The van der Waals surface area contributed by atoms with Gasteiger partial charge in [0.15, 0.2) is 0 Å². The second-order valence-electron chi connectivity index (χ2n) is 0. The van der Waals surface area contributed by atoms with Crippen LogP contribution in [-0.2, 0) is 25.8 Å². The van der Waals surface area contributed by atoms with Gasteiger partial charge < -0.3 is 8.33 Å². The molecule has 0 bridgehead atoms. The van der Waals surface area contributed by atoms with Gasteiger partial charge in [-0.05, 0) is 0 Å². The second-order valence-corrected chi connectivity index (χ2v) is 0. The molecule has 0 aromatic rings. The van der Waals surface area contributed by atoms with Gasteiger partial charge in [0.1, 0.15) is 0 Å². The van der Waals surface area contributed by atoms with Crippen molar-refractivity contribution in [2.24, 2.45) is 0 Å². The van der Waals surface area contributed by atoms with Gasteiger partial charge in [0.2, 0.25) is 0 Å². The maximum Gasteiger partial charge on any atom is 2.00 e. The first-order chi connectivity index (χ1) is 0. The van der Waals surface area contributed by atoms with E-state index in [-0.39, 0.29) is 83.4 Å². The van der Waals surface area contributed by atoms with Crippen LogP contribution in [0.2, 0.25) is 0 Å². The van der Waals surface area contributed by atoms with Crippen molar-refractivity contribution >= 4 is 49.3 Å². The first-order valence-corrected chi connectivity index (χ1v) is 0. The van der Waals surface area contributed by atoms with E-state index in [0.717, 1.165) is 0 Å². The molecule has 24 valence electrons. The summed E-state index contributed by atoms with van der Waals surface area (Å²) >= 11 is 0.